The largest absolute Gasteiger partial charge is 0.254 e. The van der Waals surface area contributed by atoms with Gasteiger partial charge in [0.1, 0.15) is 0 Å². The molecule has 2 aromatic carbocycles. The maximum absolute atomic E-state index is 6.30. The number of aromatic nitrogens is 4. The third kappa shape index (κ3) is 3.43. The normalized spacial score (nSPS) is 11.8. The van der Waals surface area contributed by atoms with Crippen LogP contribution in [0.2, 0.25) is 10.0 Å². The lowest BCUT2D eigenvalue weighted by Crippen LogP contribution is -2.35. The van der Waals surface area contributed by atoms with Crippen molar-refractivity contribution in [1.82, 2.24) is 9.13 Å². The van der Waals surface area contributed by atoms with E-state index in [1.54, 1.807) is 0 Å². The molecule has 0 saturated carbocycles. The van der Waals surface area contributed by atoms with Crippen molar-refractivity contribution in [2.75, 3.05) is 0 Å². The summed E-state index contributed by atoms with van der Waals surface area (Å²) in [5, 5.41) is 1.57. The summed E-state index contributed by atoms with van der Waals surface area (Å²) in [4.78, 5) is 0. The Morgan fingerprint density at radius 1 is 0.724 bits per heavy atom. The summed E-state index contributed by atoms with van der Waals surface area (Å²) in [6.07, 6.45) is 1.03. The van der Waals surface area contributed by atoms with E-state index in [9.17, 15) is 0 Å². The number of aryl methyl sites for hydroxylation is 4. The summed E-state index contributed by atoms with van der Waals surface area (Å²) in [6, 6.07) is 12.4. The zero-order chi connectivity index (χ0) is 20.7. The number of hydrogen-bond donors (Lipinski definition) is 0. The van der Waals surface area contributed by atoms with Gasteiger partial charge in [-0.15, -0.1) is 0 Å². The van der Waals surface area contributed by atoms with E-state index >= 15 is 0 Å². The zero-order valence-electron chi connectivity index (χ0n) is 17.5. The van der Waals surface area contributed by atoms with Crippen molar-refractivity contribution in [3.05, 3.63) is 58.1 Å². The van der Waals surface area contributed by atoms with E-state index in [-0.39, 0.29) is 0 Å². The smallest absolute Gasteiger partial charge is 0.228 e. The number of benzene rings is 2. The van der Waals surface area contributed by atoms with E-state index in [0.717, 1.165) is 42.6 Å². The molecular weight excluding hydrogens is 403 g/mol. The Labute approximate surface area is 181 Å². The van der Waals surface area contributed by atoms with Crippen molar-refractivity contribution in [1.29, 1.82) is 0 Å². The fourth-order valence-corrected chi connectivity index (χ4v) is 4.95. The van der Waals surface area contributed by atoms with E-state index in [1.807, 2.05) is 12.1 Å². The molecule has 0 radical (unpaired) electrons. The molecule has 0 aliphatic rings. The Hall–Kier alpha value is -2.04. The highest BCUT2D eigenvalue weighted by Crippen LogP contribution is 2.22. The van der Waals surface area contributed by atoms with Crippen LogP contribution in [-0.2, 0) is 26.2 Å². The number of halogens is 2. The molecule has 0 aliphatic carbocycles. The fraction of sp³-hybridized carbons (Fsp3) is 0.391. The molecule has 0 amide bonds. The molecule has 4 nitrogen and oxygen atoms in total. The first-order chi connectivity index (χ1) is 14.0. The second-order valence-corrected chi connectivity index (χ2v) is 8.38. The summed E-state index contributed by atoms with van der Waals surface area (Å²) in [6.45, 7) is 12.6. The monoisotopic (exact) mass is 430 g/mol. The van der Waals surface area contributed by atoms with Crippen LogP contribution in [0.3, 0.4) is 0 Å². The molecule has 4 rings (SSSR count). The first-order valence-corrected chi connectivity index (χ1v) is 11.1. The molecule has 4 aromatic rings. The molecule has 0 atom stereocenters. The molecule has 0 fully saturated rings. The third-order valence-corrected chi connectivity index (χ3v) is 6.47. The molecular formula is C23H28Cl2N4+2. The van der Waals surface area contributed by atoms with Crippen LogP contribution in [0, 0.1) is 13.8 Å². The van der Waals surface area contributed by atoms with Gasteiger partial charge in [-0.2, -0.15) is 0 Å². The van der Waals surface area contributed by atoms with Crippen LogP contribution in [0.25, 0.3) is 22.1 Å². The third-order valence-electron chi connectivity index (χ3n) is 6.00. The maximum Gasteiger partial charge on any atom is 0.254 e. The van der Waals surface area contributed by atoms with Gasteiger partial charge in [0.2, 0.25) is 0 Å². The lowest BCUT2D eigenvalue weighted by atomic mass is 10.3. The quantitative estimate of drug-likeness (QED) is 0.373. The molecule has 6 heteroatoms. The summed E-state index contributed by atoms with van der Waals surface area (Å²) in [5.41, 5.74) is 4.90. The minimum atomic E-state index is 0.783. The van der Waals surface area contributed by atoms with Gasteiger partial charge in [0, 0.05) is 42.4 Å². The van der Waals surface area contributed by atoms with Crippen molar-refractivity contribution < 1.29 is 9.13 Å². The van der Waals surface area contributed by atoms with Crippen molar-refractivity contribution in [3.8, 4) is 0 Å². The molecule has 0 unspecified atom stereocenters. The van der Waals surface area contributed by atoms with Gasteiger partial charge in [-0.25, -0.2) is 18.3 Å². The van der Waals surface area contributed by atoms with E-state index in [0.29, 0.717) is 0 Å². The molecule has 0 bridgehead atoms. The minimum Gasteiger partial charge on any atom is -0.228 e. The Morgan fingerprint density at radius 3 is 1.52 bits per heavy atom. The Kier molecular flexibility index (Phi) is 5.58. The number of imidazole rings is 2. The lowest BCUT2D eigenvalue weighted by molar-refractivity contribution is -0.675. The summed E-state index contributed by atoms with van der Waals surface area (Å²) >= 11 is 12.6. The molecule has 0 N–H and O–H groups in total. The van der Waals surface area contributed by atoms with Crippen LogP contribution >= 0.6 is 23.2 Å². The van der Waals surface area contributed by atoms with Gasteiger partial charge in [0.05, 0.1) is 26.2 Å². The van der Waals surface area contributed by atoms with Crippen molar-refractivity contribution in [2.24, 2.45) is 0 Å². The van der Waals surface area contributed by atoms with E-state index < -0.39 is 0 Å². The Bertz CT molecular complexity index is 1110. The first kappa shape index (κ1) is 20.2. The lowest BCUT2D eigenvalue weighted by Gasteiger charge is -2.03. The summed E-state index contributed by atoms with van der Waals surface area (Å²) in [5.74, 6) is 2.54. The number of hydrogen-bond acceptors (Lipinski definition) is 0. The van der Waals surface area contributed by atoms with Gasteiger partial charge in [0.15, 0.2) is 22.1 Å². The SMILES string of the molecule is CC[n+]1c(C)n(CCCn2c(C)[n+](CC)c3ccc(Cl)cc32)c2cc(Cl)ccc21. The van der Waals surface area contributed by atoms with Crippen LogP contribution in [0.4, 0.5) is 0 Å². The average Bonchev–Trinajstić information content (AvgIpc) is 3.11. The first-order valence-electron chi connectivity index (χ1n) is 10.3. The second-order valence-electron chi connectivity index (χ2n) is 7.51. The van der Waals surface area contributed by atoms with E-state index in [1.165, 1.54) is 33.7 Å². The van der Waals surface area contributed by atoms with Gasteiger partial charge in [0.25, 0.3) is 11.6 Å². The highest BCUT2D eigenvalue weighted by Gasteiger charge is 2.23. The zero-order valence-corrected chi connectivity index (χ0v) is 19.1. The van der Waals surface area contributed by atoms with Gasteiger partial charge in [-0.1, -0.05) is 23.2 Å². The predicted molar refractivity (Wildman–Crippen MR) is 120 cm³/mol. The number of fused-ring (bicyclic) bond motifs is 2. The second kappa shape index (κ2) is 8.00. The fourth-order valence-electron chi connectivity index (χ4n) is 4.62. The number of nitrogens with zero attached hydrogens (tertiary/aromatic N) is 4. The standard InChI is InChI=1S/C23H28Cl2N4/c1-5-26-16(3)28(22-14-18(24)8-10-20(22)26)12-7-13-29-17(4)27(6-2)21-11-9-19(25)15-23(21)29/h8-11,14-15H,5-7,12-13H2,1-4H3/q+2. The Balaban J connectivity index is 1.67. The number of rotatable bonds is 6. The molecule has 0 aliphatic heterocycles. The molecule has 2 aromatic heterocycles. The molecule has 2 heterocycles. The molecule has 152 valence electrons. The van der Waals surface area contributed by atoms with E-state index in [2.05, 4.69) is 70.2 Å². The highest BCUT2D eigenvalue weighted by atomic mass is 35.5. The van der Waals surface area contributed by atoms with Gasteiger partial charge < -0.3 is 0 Å². The van der Waals surface area contributed by atoms with Crippen LogP contribution in [0.1, 0.15) is 31.9 Å². The summed E-state index contributed by atoms with van der Waals surface area (Å²) < 4.78 is 9.50. The van der Waals surface area contributed by atoms with E-state index in [4.69, 9.17) is 23.2 Å². The van der Waals surface area contributed by atoms with Crippen molar-refractivity contribution >= 4 is 45.3 Å². The van der Waals surface area contributed by atoms with Crippen LogP contribution in [-0.4, -0.2) is 9.13 Å². The van der Waals surface area contributed by atoms with Crippen LogP contribution < -0.4 is 9.13 Å². The molecule has 0 saturated heterocycles. The highest BCUT2D eigenvalue weighted by molar-refractivity contribution is 6.31. The van der Waals surface area contributed by atoms with Gasteiger partial charge in [-0.05, 0) is 38.1 Å². The average molecular weight is 431 g/mol. The molecule has 29 heavy (non-hydrogen) atoms. The van der Waals surface area contributed by atoms with Gasteiger partial charge in [-0.3, -0.25) is 0 Å². The van der Waals surface area contributed by atoms with Crippen molar-refractivity contribution in [2.45, 2.75) is 60.3 Å². The van der Waals surface area contributed by atoms with Crippen LogP contribution in [0.15, 0.2) is 36.4 Å². The summed E-state index contributed by atoms with van der Waals surface area (Å²) in [7, 11) is 0. The predicted octanol–water partition coefficient (Wildman–Crippen LogP) is 5.22. The minimum absolute atomic E-state index is 0.783. The maximum atomic E-state index is 6.30. The van der Waals surface area contributed by atoms with Crippen LogP contribution in [0.5, 0.6) is 0 Å². The Morgan fingerprint density at radius 2 is 1.14 bits per heavy atom. The molecule has 0 spiro atoms. The topological polar surface area (TPSA) is 17.6 Å². The van der Waals surface area contributed by atoms with Crippen molar-refractivity contribution in [3.63, 3.8) is 0 Å². The van der Waals surface area contributed by atoms with Gasteiger partial charge >= 0.3 is 0 Å².